The first-order chi connectivity index (χ1) is 4.68. The minimum atomic E-state index is -0.562. The van der Waals surface area contributed by atoms with Gasteiger partial charge in [0.2, 0.25) is 0 Å². The van der Waals surface area contributed by atoms with E-state index in [1.54, 1.807) is 0 Å². The quantitative estimate of drug-likeness (QED) is 0.284. The molecule has 0 aliphatic rings. The molecule has 0 saturated carbocycles. The maximum Gasteiger partial charge on any atom is 0.340 e. The lowest BCUT2D eigenvalue weighted by molar-refractivity contribution is -0.0183. The third-order valence-electron chi connectivity index (χ3n) is 0.905. The van der Waals surface area contributed by atoms with Gasteiger partial charge in [-0.25, -0.2) is 9.86 Å². The van der Waals surface area contributed by atoms with Crippen molar-refractivity contribution in [3.63, 3.8) is 0 Å². The van der Waals surface area contributed by atoms with Crippen molar-refractivity contribution in [2.45, 2.75) is 6.42 Å². The average Bonchev–Trinajstić information content (AvgIpc) is 1.88. The second-order valence-corrected chi connectivity index (χ2v) is 1.83. The molecule has 0 radical (unpaired) electrons. The van der Waals surface area contributed by atoms with E-state index in [4.69, 9.17) is 10.3 Å². The Morgan fingerprint density at radius 1 is 1.70 bits per heavy atom. The van der Waals surface area contributed by atoms with Crippen molar-refractivity contribution in [2.24, 2.45) is 0 Å². The molecule has 0 spiro atoms. The van der Waals surface area contributed by atoms with Crippen LogP contribution in [-0.2, 0) is 0 Å². The summed E-state index contributed by atoms with van der Waals surface area (Å²) in [5.41, 5.74) is 0. The van der Waals surface area contributed by atoms with Gasteiger partial charge in [0, 0.05) is 20.2 Å². The number of nitrogens with one attached hydrogen (secondary N) is 1. The van der Waals surface area contributed by atoms with E-state index in [2.05, 4.69) is 5.32 Å². The van der Waals surface area contributed by atoms with Crippen LogP contribution in [0.4, 0.5) is 4.79 Å². The molecule has 3 N–H and O–H groups in total. The van der Waals surface area contributed by atoms with Gasteiger partial charge in [0.05, 0.1) is 0 Å². The van der Waals surface area contributed by atoms with E-state index < -0.39 is 6.03 Å². The van der Waals surface area contributed by atoms with Gasteiger partial charge >= 0.3 is 6.03 Å². The monoisotopic (exact) mass is 148 g/mol. The molecule has 0 aliphatic carbocycles. The molecule has 0 aromatic carbocycles. The lowest BCUT2D eigenvalue weighted by Crippen LogP contribution is -2.35. The van der Waals surface area contributed by atoms with Crippen LogP contribution in [0.2, 0.25) is 0 Å². The van der Waals surface area contributed by atoms with Crippen LogP contribution in [0, 0.1) is 0 Å². The summed E-state index contributed by atoms with van der Waals surface area (Å²) < 4.78 is 0. The fourth-order valence-electron chi connectivity index (χ4n) is 0.389. The Morgan fingerprint density at radius 2 is 2.30 bits per heavy atom. The summed E-state index contributed by atoms with van der Waals surface area (Å²) in [5, 5.41) is 19.6. The van der Waals surface area contributed by atoms with Gasteiger partial charge in [-0.05, 0) is 6.42 Å². The van der Waals surface area contributed by atoms with Gasteiger partial charge in [0.25, 0.3) is 0 Å². The third kappa shape index (κ3) is 4.11. The first-order valence-corrected chi connectivity index (χ1v) is 2.99. The van der Waals surface area contributed by atoms with Crippen LogP contribution < -0.4 is 5.32 Å². The number of rotatable bonds is 3. The molecule has 0 aromatic heterocycles. The summed E-state index contributed by atoms with van der Waals surface area (Å²) in [6, 6.07) is -0.562. The molecule has 0 aromatic rings. The van der Waals surface area contributed by atoms with Gasteiger partial charge in [-0.3, -0.25) is 5.21 Å². The normalized spacial score (nSPS) is 9.10. The number of hydroxylamine groups is 2. The first kappa shape index (κ1) is 9.19. The number of aliphatic hydroxyl groups is 1. The summed E-state index contributed by atoms with van der Waals surface area (Å²) in [4.78, 5) is 10.5. The summed E-state index contributed by atoms with van der Waals surface area (Å²) in [5.74, 6) is 0. The van der Waals surface area contributed by atoms with Crippen LogP contribution in [0.1, 0.15) is 6.42 Å². The molecule has 5 nitrogen and oxygen atoms in total. The minimum absolute atomic E-state index is 0.0371. The summed E-state index contributed by atoms with van der Waals surface area (Å²) in [6.07, 6.45) is 0.500. The molecule has 0 bridgehead atoms. The Labute approximate surface area is 59.2 Å². The maximum atomic E-state index is 10.5. The Kier molecular flexibility index (Phi) is 4.61. The largest absolute Gasteiger partial charge is 0.396 e. The molecular formula is C5H12N2O3. The molecule has 0 fully saturated rings. The van der Waals surface area contributed by atoms with Gasteiger partial charge in [-0.15, -0.1) is 0 Å². The average molecular weight is 148 g/mol. The molecule has 10 heavy (non-hydrogen) atoms. The van der Waals surface area contributed by atoms with Crippen molar-refractivity contribution in [3.8, 4) is 0 Å². The number of hydrogen-bond acceptors (Lipinski definition) is 3. The molecule has 0 unspecified atom stereocenters. The topological polar surface area (TPSA) is 72.8 Å². The van der Waals surface area contributed by atoms with E-state index in [0.29, 0.717) is 18.0 Å². The predicted molar refractivity (Wildman–Crippen MR) is 34.7 cm³/mol. The van der Waals surface area contributed by atoms with E-state index in [9.17, 15) is 4.79 Å². The van der Waals surface area contributed by atoms with Crippen LogP contribution in [0.15, 0.2) is 0 Å². The number of aliphatic hydroxyl groups excluding tert-OH is 1. The number of nitrogens with zero attached hydrogens (tertiary/aromatic N) is 1. The summed E-state index contributed by atoms with van der Waals surface area (Å²) in [7, 11) is 1.23. The van der Waals surface area contributed by atoms with Crippen LogP contribution in [0.25, 0.3) is 0 Å². The van der Waals surface area contributed by atoms with Crippen molar-refractivity contribution in [1.82, 2.24) is 10.4 Å². The van der Waals surface area contributed by atoms with Crippen molar-refractivity contribution in [3.05, 3.63) is 0 Å². The third-order valence-corrected chi connectivity index (χ3v) is 0.905. The van der Waals surface area contributed by atoms with Crippen molar-refractivity contribution in [1.29, 1.82) is 0 Å². The highest BCUT2D eigenvalue weighted by atomic mass is 16.5. The molecule has 0 heterocycles. The lowest BCUT2D eigenvalue weighted by Gasteiger charge is -2.08. The molecule has 0 atom stereocenters. The predicted octanol–water partition coefficient (Wildman–Crippen LogP) is -0.601. The highest BCUT2D eigenvalue weighted by molar-refractivity contribution is 5.72. The van der Waals surface area contributed by atoms with E-state index in [-0.39, 0.29) is 6.61 Å². The highest BCUT2D eigenvalue weighted by Gasteiger charge is 2.01. The highest BCUT2D eigenvalue weighted by Crippen LogP contribution is 1.77. The van der Waals surface area contributed by atoms with E-state index in [1.165, 1.54) is 7.05 Å². The Hall–Kier alpha value is -0.810. The fourth-order valence-corrected chi connectivity index (χ4v) is 0.389. The Bertz CT molecular complexity index is 105. The van der Waals surface area contributed by atoms with Gasteiger partial charge in [0.1, 0.15) is 0 Å². The molecule has 2 amide bonds. The second kappa shape index (κ2) is 5.01. The number of urea groups is 1. The zero-order chi connectivity index (χ0) is 7.98. The maximum absolute atomic E-state index is 10.5. The minimum Gasteiger partial charge on any atom is -0.396 e. The molecule has 5 heteroatoms. The number of amides is 2. The smallest absolute Gasteiger partial charge is 0.340 e. The number of hydrogen-bond donors (Lipinski definition) is 3. The Balaban J connectivity index is 3.22. The Morgan fingerprint density at radius 3 is 2.70 bits per heavy atom. The zero-order valence-corrected chi connectivity index (χ0v) is 5.87. The first-order valence-electron chi connectivity index (χ1n) is 2.99. The molecule has 0 rings (SSSR count). The lowest BCUT2D eigenvalue weighted by atomic mass is 10.4. The summed E-state index contributed by atoms with van der Waals surface area (Å²) in [6.45, 7) is 0.412. The molecular weight excluding hydrogens is 136 g/mol. The van der Waals surface area contributed by atoms with Crippen LogP contribution in [-0.4, -0.2) is 41.6 Å². The van der Waals surface area contributed by atoms with E-state index in [1.807, 2.05) is 0 Å². The standard InChI is InChI=1S/C5H12N2O3/c1-7(10)5(9)6-3-2-4-8/h8,10H,2-4H2,1H3,(H,6,9). The van der Waals surface area contributed by atoms with Crippen molar-refractivity contribution in [2.75, 3.05) is 20.2 Å². The number of carbonyl (C=O) groups is 1. The zero-order valence-electron chi connectivity index (χ0n) is 5.87. The molecule has 0 aliphatic heterocycles. The second-order valence-electron chi connectivity index (χ2n) is 1.83. The van der Waals surface area contributed by atoms with Crippen LogP contribution in [0.5, 0.6) is 0 Å². The van der Waals surface area contributed by atoms with E-state index in [0.717, 1.165) is 0 Å². The van der Waals surface area contributed by atoms with E-state index >= 15 is 0 Å². The van der Waals surface area contributed by atoms with Gasteiger partial charge in [-0.2, -0.15) is 0 Å². The fraction of sp³-hybridized carbons (Fsp3) is 0.800. The van der Waals surface area contributed by atoms with Crippen molar-refractivity contribution < 1.29 is 15.1 Å². The van der Waals surface area contributed by atoms with Gasteiger partial charge in [0.15, 0.2) is 0 Å². The molecule has 60 valence electrons. The SMILES string of the molecule is CN(O)C(=O)NCCCO. The number of carbonyl (C=O) groups excluding carboxylic acids is 1. The van der Waals surface area contributed by atoms with Crippen LogP contribution >= 0.6 is 0 Å². The van der Waals surface area contributed by atoms with Crippen LogP contribution in [0.3, 0.4) is 0 Å². The van der Waals surface area contributed by atoms with Gasteiger partial charge in [-0.1, -0.05) is 0 Å². The van der Waals surface area contributed by atoms with Crippen molar-refractivity contribution >= 4 is 6.03 Å². The van der Waals surface area contributed by atoms with Gasteiger partial charge < -0.3 is 10.4 Å². The molecule has 0 saturated heterocycles. The summed E-state index contributed by atoms with van der Waals surface area (Å²) >= 11 is 0.